The SMILES string of the molecule is C#CCOC(=O)C(=C)CC(=O)O. The van der Waals surface area contributed by atoms with Crippen molar-refractivity contribution in [3.8, 4) is 12.3 Å². The van der Waals surface area contributed by atoms with Crippen LogP contribution >= 0.6 is 0 Å². The molecular formula is C8H8O4. The molecule has 64 valence electrons. The van der Waals surface area contributed by atoms with Crippen molar-refractivity contribution in [1.29, 1.82) is 0 Å². The molecule has 0 saturated carbocycles. The number of rotatable bonds is 4. The van der Waals surface area contributed by atoms with Crippen molar-refractivity contribution >= 4 is 11.9 Å². The van der Waals surface area contributed by atoms with Crippen molar-refractivity contribution in [2.24, 2.45) is 0 Å². The van der Waals surface area contributed by atoms with Crippen LogP contribution in [0.25, 0.3) is 0 Å². The number of esters is 1. The molecule has 0 fully saturated rings. The second kappa shape index (κ2) is 4.97. The standard InChI is InChI=1S/C8H8O4/c1-3-4-12-8(11)6(2)5-7(9)10/h1H,2,4-5H2,(H,9,10). The van der Waals surface area contributed by atoms with Gasteiger partial charge in [0, 0.05) is 5.57 Å². The molecule has 0 spiro atoms. The van der Waals surface area contributed by atoms with Crippen LogP contribution in [-0.4, -0.2) is 23.7 Å². The summed E-state index contributed by atoms with van der Waals surface area (Å²) < 4.78 is 4.42. The van der Waals surface area contributed by atoms with E-state index >= 15 is 0 Å². The largest absolute Gasteiger partial charge is 0.481 e. The maximum absolute atomic E-state index is 10.8. The molecule has 0 radical (unpaired) electrons. The number of carbonyl (C=O) groups excluding carboxylic acids is 1. The minimum Gasteiger partial charge on any atom is -0.481 e. The van der Waals surface area contributed by atoms with Crippen LogP contribution in [0.3, 0.4) is 0 Å². The molecule has 0 aliphatic heterocycles. The van der Waals surface area contributed by atoms with E-state index in [-0.39, 0.29) is 12.2 Å². The van der Waals surface area contributed by atoms with Gasteiger partial charge in [-0.2, -0.15) is 0 Å². The number of aliphatic carboxylic acids is 1. The third-order valence-corrected chi connectivity index (χ3v) is 0.940. The first kappa shape index (κ1) is 10.2. The summed E-state index contributed by atoms with van der Waals surface area (Å²) in [5, 5.41) is 8.25. The van der Waals surface area contributed by atoms with Gasteiger partial charge in [0.25, 0.3) is 0 Å². The van der Waals surface area contributed by atoms with Crippen LogP contribution in [0.2, 0.25) is 0 Å². The highest BCUT2D eigenvalue weighted by Gasteiger charge is 2.11. The topological polar surface area (TPSA) is 63.6 Å². The van der Waals surface area contributed by atoms with E-state index in [9.17, 15) is 9.59 Å². The Kier molecular flexibility index (Phi) is 4.24. The van der Waals surface area contributed by atoms with Gasteiger partial charge in [-0.05, 0) is 0 Å². The Bertz CT molecular complexity index is 246. The Morgan fingerprint density at radius 2 is 2.17 bits per heavy atom. The number of terminal acetylenes is 1. The monoisotopic (exact) mass is 168 g/mol. The second-order valence-corrected chi connectivity index (χ2v) is 1.95. The molecular weight excluding hydrogens is 160 g/mol. The number of hydrogen-bond donors (Lipinski definition) is 1. The Balaban J connectivity index is 3.87. The van der Waals surface area contributed by atoms with Crippen molar-refractivity contribution in [1.82, 2.24) is 0 Å². The lowest BCUT2D eigenvalue weighted by molar-refractivity contribution is -0.141. The predicted octanol–water partition coefficient (Wildman–Crippen LogP) is 0.194. The van der Waals surface area contributed by atoms with Crippen molar-refractivity contribution < 1.29 is 19.4 Å². The summed E-state index contributed by atoms with van der Waals surface area (Å²) in [5.74, 6) is 0.180. The van der Waals surface area contributed by atoms with Crippen molar-refractivity contribution in [2.75, 3.05) is 6.61 Å². The van der Waals surface area contributed by atoms with Crippen molar-refractivity contribution in [3.05, 3.63) is 12.2 Å². The molecule has 0 saturated heterocycles. The van der Waals surface area contributed by atoms with E-state index in [0.717, 1.165) is 0 Å². The number of carboxylic acid groups (broad SMARTS) is 1. The Morgan fingerprint density at radius 1 is 1.58 bits per heavy atom. The molecule has 0 atom stereocenters. The van der Waals surface area contributed by atoms with Gasteiger partial charge < -0.3 is 9.84 Å². The lowest BCUT2D eigenvalue weighted by Crippen LogP contribution is -2.10. The van der Waals surface area contributed by atoms with Gasteiger partial charge in [0.05, 0.1) is 6.42 Å². The third-order valence-electron chi connectivity index (χ3n) is 0.940. The Morgan fingerprint density at radius 3 is 2.58 bits per heavy atom. The predicted molar refractivity (Wildman–Crippen MR) is 41.2 cm³/mol. The van der Waals surface area contributed by atoms with E-state index in [1.54, 1.807) is 0 Å². The molecule has 0 aromatic rings. The van der Waals surface area contributed by atoms with Gasteiger partial charge in [0.1, 0.15) is 0 Å². The van der Waals surface area contributed by atoms with Crippen molar-refractivity contribution in [3.63, 3.8) is 0 Å². The third kappa shape index (κ3) is 4.12. The van der Waals surface area contributed by atoms with Gasteiger partial charge >= 0.3 is 11.9 Å². The molecule has 0 aliphatic carbocycles. The molecule has 1 N–H and O–H groups in total. The van der Waals surface area contributed by atoms with Gasteiger partial charge in [0.15, 0.2) is 6.61 Å². The molecule has 0 aromatic heterocycles. The molecule has 4 nitrogen and oxygen atoms in total. The highest BCUT2D eigenvalue weighted by atomic mass is 16.5. The lowest BCUT2D eigenvalue weighted by Gasteiger charge is -2.00. The zero-order valence-electron chi connectivity index (χ0n) is 6.37. The van der Waals surface area contributed by atoms with E-state index in [0.29, 0.717) is 0 Å². The fourth-order valence-electron chi connectivity index (χ4n) is 0.464. The second-order valence-electron chi connectivity index (χ2n) is 1.95. The smallest absolute Gasteiger partial charge is 0.334 e. The molecule has 0 unspecified atom stereocenters. The van der Waals surface area contributed by atoms with Gasteiger partial charge in [-0.15, -0.1) is 6.42 Å². The maximum atomic E-state index is 10.8. The fourth-order valence-corrected chi connectivity index (χ4v) is 0.464. The molecule has 0 rings (SSSR count). The number of ether oxygens (including phenoxy) is 1. The van der Waals surface area contributed by atoms with Crippen molar-refractivity contribution in [2.45, 2.75) is 6.42 Å². The molecule has 12 heavy (non-hydrogen) atoms. The summed E-state index contributed by atoms with van der Waals surface area (Å²) in [6.07, 6.45) is 4.38. The number of carboxylic acids is 1. The summed E-state index contributed by atoms with van der Waals surface area (Å²) in [7, 11) is 0. The zero-order valence-corrected chi connectivity index (χ0v) is 6.37. The van der Waals surface area contributed by atoms with Crippen LogP contribution in [-0.2, 0) is 14.3 Å². The van der Waals surface area contributed by atoms with Crippen LogP contribution in [0.5, 0.6) is 0 Å². The summed E-state index contributed by atoms with van der Waals surface area (Å²) >= 11 is 0. The number of hydrogen-bond acceptors (Lipinski definition) is 3. The summed E-state index contributed by atoms with van der Waals surface area (Å²) in [4.78, 5) is 20.8. The molecule has 0 amide bonds. The van der Waals surface area contributed by atoms with E-state index < -0.39 is 18.4 Å². The zero-order chi connectivity index (χ0) is 9.56. The van der Waals surface area contributed by atoms with Gasteiger partial charge in [-0.25, -0.2) is 4.79 Å². The normalized spacial score (nSPS) is 8.25. The molecule has 0 bridgehead atoms. The summed E-state index contributed by atoms with van der Waals surface area (Å²) in [6, 6.07) is 0. The fraction of sp³-hybridized carbons (Fsp3) is 0.250. The van der Waals surface area contributed by atoms with Gasteiger partial charge in [0.2, 0.25) is 0 Å². The maximum Gasteiger partial charge on any atom is 0.334 e. The van der Waals surface area contributed by atoms with Gasteiger partial charge in [-0.1, -0.05) is 12.5 Å². The quantitative estimate of drug-likeness (QED) is 0.370. The average molecular weight is 168 g/mol. The number of carbonyl (C=O) groups is 2. The van der Waals surface area contributed by atoms with Crippen LogP contribution in [0, 0.1) is 12.3 Å². The first-order chi connectivity index (χ1) is 5.57. The van der Waals surface area contributed by atoms with Crippen LogP contribution < -0.4 is 0 Å². The Labute approximate surface area is 69.8 Å². The van der Waals surface area contributed by atoms with E-state index in [4.69, 9.17) is 11.5 Å². The highest BCUT2D eigenvalue weighted by molar-refractivity contribution is 5.92. The molecule has 0 heterocycles. The van der Waals surface area contributed by atoms with E-state index in [2.05, 4.69) is 17.2 Å². The lowest BCUT2D eigenvalue weighted by atomic mass is 10.2. The molecule has 4 heteroatoms. The summed E-state index contributed by atoms with van der Waals surface area (Å²) in [5.41, 5.74) is -0.113. The minimum atomic E-state index is -1.13. The van der Waals surface area contributed by atoms with E-state index in [1.807, 2.05) is 0 Å². The van der Waals surface area contributed by atoms with Crippen LogP contribution in [0.1, 0.15) is 6.42 Å². The Hall–Kier alpha value is -1.76. The minimum absolute atomic E-state index is 0.113. The molecule has 0 aromatic carbocycles. The average Bonchev–Trinajstić information content (AvgIpc) is 1.98. The molecule has 0 aliphatic rings. The van der Waals surface area contributed by atoms with Crippen LogP contribution in [0.15, 0.2) is 12.2 Å². The highest BCUT2D eigenvalue weighted by Crippen LogP contribution is 2.00. The first-order valence-corrected chi connectivity index (χ1v) is 3.08. The van der Waals surface area contributed by atoms with Gasteiger partial charge in [-0.3, -0.25) is 4.79 Å². The van der Waals surface area contributed by atoms with E-state index in [1.165, 1.54) is 0 Å². The summed E-state index contributed by atoms with van der Waals surface area (Å²) in [6.45, 7) is 3.05. The van der Waals surface area contributed by atoms with Crippen LogP contribution in [0.4, 0.5) is 0 Å². The first-order valence-electron chi connectivity index (χ1n) is 3.08.